The van der Waals surface area contributed by atoms with E-state index in [0.717, 1.165) is 36.6 Å². The second-order valence-corrected chi connectivity index (χ2v) is 6.91. The van der Waals surface area contributed by atoms with Gasteiger partial charge in [0.1, 0.15) is 10.8 Å². The quantitative estimate of drug-likeness (QED) is 0.554. The summed E-state index contributed by atoms with van der Waals surface area (Å²) >= 11 is 5.17. The lowest BCUT2D eigenvalue weighted by Crippen LogP contribution is -1.99. The fourth-order valence-electron chi connectivity index (χ4n) is 2.09. The standard InChI is InChI=1S/C18H15BrNO2S/c1-12-3-7-17-15(9-12)20-18(23-17)8-5-13-4-6-16(14(19)10-13)22-11-21-2/h4-10H,11H2,1-2H3. The Labute approximate surface area is 147 Å². The van der Waals surface area contributed by atoms with E-state index in [1.165, 1.54) is 0 Å². The Morgan fingerprint density at radius 1 is 1.30 bits per heavy atom. The van der Waals surface area contributed by atoms with Crippen molar-refractivity contribution in [3.8, 4) is 5.75 Å². The van der Waals surface area contributed by atoms with Crippen molar-refractivity contribution >= 4 is 49.6 Å². The molecule has 3 nitrogen and oxygen atoms in total. The van der Waals surface area contributed by atoms with Crippen LogP contribution < -0.4 is 4.74 Å². The van der Waals surface area contributed by atoms with E-state index < -0.39 is 0 Å². The van der Waals surface area contributed by atoms with E-state index in [-0.39, 0.29) is 6.79 Å². The fourth-order valence-corrected chi connectivity index (χ4v) is 3.44. The number of hydrogen-bond acceptors (Lipinski definition) is 4. The number of fused-ring (bicyclic) bond motifs is 1. The summed E-state index contributed by atoms with van der Waals surface area (Å²) in [4.78, 5) is 4.63. The smallest absolute Gasteiger partial charge is 0.188 e. The molecule has 0 amide bonds. The minimum absolute atomic E-state index is 0.232. The molecule has 0 N–H and O–H groups in total. The van der Waals surface area contributed by atoms with Gasteiger partial charge in [-0.05, 0) is 70.4 Å². The molecule has 0 saturated heterocycles. The normalized spacial score (nSPS) is 11.4. The largest absolute Gasteiger partial charge is 0.466 e. The summed E-state index contributed by atoms with van der Waals surface area (Å²) in [5, 5.41) is 0.981. The van der Waals surface area contributed by atoms with E-state index in [9.17, 15) is 0 Å². The van der Waals surface area contributed by atoms with Crippen LogP contribution in [0.15, 0.2) is 34.8 Å². The Morgan fingerprint density at radius 3 is 2.96 bits per heavy atom. The summed E-state index contributed by atoms with van der Waals surface area (Å²) in [6.07, 6.45) is 4.07. The molecule has 0 aliphatic carbocycles. The van der Waals surface area contributed by atoms with Crippen LogP contribution in [0.25, 0.3) is 22.4 Å². The van der Waals surface area contributed by atoms with Gasteiger partial charge in [0.2, 0.25) is 0 Å². The van der Waals surface area contributed by atoms with Gasteiger partial charge in [-0.25, -0.2) is 4.98 Å². The summed E-state index contributed by atoms with van der Waals surface area (Å²) in [5.41, 5.74) is 3.20. The number of thiazole rings is 1. The van der Waals surface area contributed by atoms with Gasteiger partial charge in [0, 0.05) is 7.11 Å². The molecule has 0 spiro atoms. The predicted molar refractivity (Wildman–Crippen MR) is 98.8 cm³/mol. The van der Waals surface area contributed by atoms with Crippen molar-refractivity contribution in [3.63, 3.8) is 0 Å². The van der Waals surface area contributed by atoms with Crippen molar-refractivity contribution in [1.29, 1.82) is 0 Å². The summed E-state index contributed by atoms with van der Waals surface area (Å²) in [6, 6.07) is 13.2. The first-order chi connectivity index (χ1) is 11.2. The number of aryl methyl sites for hydroxylation is 1. The van der Waals surface area contributed by atoms with Crippen molar-refractivity contribution in [2.75, 3.05) is 13.9 Å². The molecule has 23 heavy (non-hydrogen) atoms. The molecule has 3 aromatic rings. The molecule has 2 aromatic carbocycles. The first-order valence-corrected chi connectivity index (χ1v) is 8.65. The van der Waals surface area contributed by atoms with Gasteiger partial charge in [0.05, 0.1) is 14.7 Å². The highest BCUT2D eigenvalue weighted by Crippen LogP contribution is 2.28. The number of benzene rings is 2. The number of methoxy groups -OCH3 is 1. The maximum atomic E-state index is 5.45. The second kappa shape index (κ2) is 7.25. The van der Waals surface area contributed by atoms with E-state index >= 15 is 0 Å². The molecule has 0 aliphatic heterocycles. The zero-order chi connectivity index (χ0) is 16.2. The van der Waals surface area contributed by atoms with Gasteiger partial charge in [-0.2, -0.15) is 0 Å². The number of nitrogens with zero attached hydrogens (tertiary/aromatic N) is 1. The molecule has 1 heterocycles. The van der Waals surface area contributed by atoms with E-state index in [0.29, 0.717) is 0 Å². The lowest BCUT2D eigenvalue weighted by molar-refractivity contribution is 0.0506. The topological polar surface area (TPSA) is 31.4 Å². The second-order valence-electron chi connectivity index (χ2n) is 4.99. The highest BCUT2D eigenvalue weighted by atomic mass is 79.9. The first kappa shape index (κ1) is 16.2. The number of halogens is 1. The Balaban J connectivity index is 1.79. The average Bonchev–Trinajstić information content (AvgIpc) is 2.94. The molecule has 3 rings (SSSR count). The molecule has 117 valence electrons. The van der Waals surface area contributed by atoms with Crippen LogP contribution in [0.5, 0.6) is 5.75 Å². The summed E-state index contributed by atoms with van der Waals surface area (Å²) < 4.78 is 12.4. The van der Waals surface area contributed by atoms with Crippen LogP contribution in [0.3, 0.4) is 0 Å². The third kappa shape index (κ3) is 3.99. The number of ether oxygens (including phenoxy) is 2. The van der Waals surface area contributed by atoms with E-state index in [1.54, 1.807) is 18.4 Å². The SMILES string of the molecule is COCOc1ccc(C=Cc2nc3cc(C)[c]cc3s2)cc1Br. The molecule has 1 aromatic heterocycles. The van der Waals surface area contributed by atoms with Crippen LogP contribution >= 0.6 is 27.3 Å². The van der Waals surface area contributed by atoms with Gasteiger partial charge >= 0.3 is 0 Å². The van der Waals surface area contributed by atoms with Crippen molar-refractivity contribution in [3.05, 3.63) is 57.0 Å². The van der Waals surface area contributed by atoms with Gasteiger partial charge in [0.15, 0.2) is 6.79 Å². The van der Waals surface area contributed by atoms with E-state index in [1.807, 2.05) is 43.3 Å². The van der Waals surface area contributed by atoms with Crippen LogP contribution in [-0.2, 0) is 4.74 Å². The minimum atomic E-state index is 0.232. The highest BCUT2D eigenvalue weighted by Gasteiger charge is 2.03. The molecule has 0 unspecified atom stereocenters. The number of hydrogen-bond donors (Lipinski definition) is 0. The highest BCUT2D eigenvalue weighted by molar-refractivity contribution is 9.10. The monoisotopic (exact) mass is 388 g/mol. The lowest BCUT2D eigenvalue weighted by atomic mass is 10.2. The van der Waals surface area contributed by atoms with Gasteiger partial charge in [-0.3, -0.25) is 0 Å². The molecule has 0 fully saturated rings. The van der Waals surface area contributed by atoms with Gasteiger partial charge < -0.3 is 9.47 Å². The third-order valence-corrected chi connectivity index (χ3v) is 4.79. The zero-order valence-electron chi connectivity index (χ0n) is 12.8. The molecule has 0 aliphatic rings. The molecule has 0 saturated carbocycles. The first-order valence-electron chi connectivity index (χ1n) is 7.04. The average molecular weight is 389 g/mol. The molecule has 1 radical (unpaired) electrons. The summed E-state index contributed by atoms with van der Waals surface area (Å²) in [7, 11) is 1.60. The van der Waals surface area contributed by atoms with Crippen molar-refractivity contribution in [2.45, 2.75) is 6.92 Å². The molecular formula is C18H15BrNO2S. The van der Waals surface area contributed by atoms with E-state index in [2.05, 4.69) is 33.0 Å². The summed E-state index contributed by atoms with van der Waals surface area (Å²) in [6.45, 7) is 2.26. The zero-order valence-corrected chi connectivity index (χ0v) is 15.2. The van der Waals surface area contributed by atoms with Crippen molar-refractivity contribution < 1.29 is 9.47 Å². The van der Waals surface area contributed by atoms with Gasteiger partial charge in [0.25, 0.3) is 0 Å². The molecular weight excluding hydrogens is 374 g/mol. The maximum absolute atomic E-state index is 5.45. The van der Waals surface area contributed by atoms with E-state index in [4.69, 9.17) is 9.47 Å². The van der Waals surface area contributed by atoms with Crippen LogP contribution in [-0.4, -0.2) is 18.9 Å². The molecule has 5 heteroatoms. The van der Waals surface area contributed by atoms with Crippen LogP contribution in [0, 0.1) is 13.0 Å². The maximum Gasteiger partial charge on any atom is 0.188 e. The predicted octanol–water partition coefficient (Wildman–Crippen LogP) is 5.32. The fraction of sp³-hybridized carbons (Fsp3) is 0.167. The Morgan fingerprint density at radius 2 is 2.17 bits per heavy atom. The Hall–Kier alpha value is -1.69. The summed E-state index contributed by atoms with van der Waals surface area (Å²) in [5.74, 6) is 0.759. The Kier molecular flexibility index (Phi) is 5.10. The van der Waals surface area contributed by atoms with Gasteiger partial charge in [-0.15, -0.1) is 11.3 Å². The minimum Gasteiger partial charge on any atom is -0.466 e. The van der Waals surface area contributed by atoms with Crippen molar-refractivity contribution in [1.82, 2.24) is 4.98 Å². The molecule has 0 atom stereocenters. The van der Waals surface area contributed by atoms with Crippen molar-refractivity contribution in [2.24, 2.45) is 0 Å². The lowest BCUT2D eigenvalue weighted by Gasteiger charge is -2.07. The van der Waals surface area contributed by atoms with Crippen LogP contribution in [0.2, 0.25) is 0 Å². The molecule has 0 bridgehead atoms. The van der Waals surface area contributed by atoms with Crippen LogP contribution in [0.1, 0.15) is 16.1 Å². The van der Waals surface area contributed by atoms with Crippen LogP contribution in [0.4, 0.5) is 0 Å². The Bertz CT molecular complexity index is 857. The third-order valence-electron chi connectivity index (χ3n) is 3.19. The van der Waals surface area contributed by atoms with Gasteiger partial charge in [-0.1, -0.05) is 12.1 Å². The number of rotatable bonds is 5. The number of aromatic nitrogens is 1.